The molecule has 10 nitrogen and oxygen atoms in total. The van der Waals surface area contributed by atoms with Crippen molar-refractivity contribution < 1.29 is 13.2 Å². The number of amides is 1. The molecular formula is C21H23N7O3S2. The summed E-state index contributed by atoms with van der Waals surface area (Å²) in [6.07, 6.45) is 4.20. The van der Waals surface area contributed by atoms with Crippen LogP contribution in [0.15, 0.2) is 12.4 Å². The number of rotatable bonds is 5. The molecule has 0 spiro atoms. The van der Waals surface area contributed by atoms with E-state index in [1.54, 1.807) is 6.33 Å². The summed E-state index contributed by atoms with van der Waals surface area (Å²) in [5.74, 6) is 0.615. The molecule has 6 rings (SSSR count). The summed E-state index contributed by atoms with van der Waals surface area (Å²) in [6, 6.07) is 2.16. The van der Waals surface area contributed by atoms with Gasteiger partial charge in [-0.1, -0.05) is 0 Å². The first-order chi connectivity index (χ1) is 15.8. The predicted molar refractivity (Wildman–Crippen MR) is 127 cm³/mol. The van der Waals surface area contributed by atoms with Gasteiger partial charge in [0.25, 0.3) is 5.91 Å². The summed E-state index contributed by atoms with van der Waals surface area (Å²) >= 11 is 1.34. The molecule has 0 atom stereocenters. The Morgan fingerprint density at radius 3 is 2.88 bits per heavy atom. The zero-order valence-corrected chi connectivity index (χ0v) is 19.9. The SMILES string of the molecule is CCn1c(C(=O)NC2CC2)cc2c3c(ncn3C)c(Nc3nc4c(s3)CS(=O)(=O)CC4)nc21. The zero-order chi connectivity index (χ0) is 22.9. The van der Waals surface area contributed by atoms with Gasteiger partial charge in [-0.15, -0.1) is 11.3 Å². The highest BCUT2D eigenvalue weighted by molar-refractivity contribution is 7.90. The van der Waals surface area contributed by atoms with Crippen molar-refractivity contribution in [2.45, 2.75) is 44.5 Å². The lowest BCUT2D eigenvalue weighted by Crippen LogP contribution is -2.27. The van der Waals surface area contributed by atoms with Gasteiger partial charge in [0.15, 0.2) is 20.8 Å². The van der Waals surface area contributed by atoms with E-state index in [-0.39, 0.29) is 23.5 Å². The minimum Gasteiger partial charge on any atom is -0.348 e. The number of nitrogens with zero attached hydrogens (tertiary/aromatic N) is 5. The second-order valence-corrected chi connectivity index (χ2v) is 11.9. The van der Waals surface area contributed by atoms with Gasteiger partial charge in [0.05, 0.1) is 29.0 Å². The average Bonchev–Trinajstić information content (AvgIpc) is 3.19. The Balaban J connectivity index is 1.47. The van der Waals surface area contributed by atoms with E-state index >= 15 is 0 Å². The number of hydrogen-bond donors (Lipinski definition) is 2. The van der Waals surface area contributed by atoms with Crippen LogP contribution in [-0.4, -0.2) is 50.2 Å². The predicted octanol–water partition coefficient (Wildman–Crippen LogP) is 2.51. The van der Waals surface area contributed by atoms with Crippen LogP contribution in [-0.2, 0) is 35.6 Å². The van der Waals surface area contributed by atoms with E-state index in [1.807, 2.05) is 29.2 Å². The molecule has 1 aliphatic heterocycles. The fourth-order valence-electron chi connectivity index (χ4n) is 4.37. The molecule has 1 aliphatic carbocycles. The van der Waals surface area contributed by atoms with Crippen molar-refractivity contribution >= 4 is 60.1 Å². The van der Waals surface area contributed by atoms with Crippen LogP contribution in [0, 0.1) is 0 Å². The van der Waals surface area contributed by atoms with E-state index in [0.717, 1.165) is 34.3 Å². The molecule has 172 valence electrons. The lowest BCUT2D eigenvalue weighted by atomic mass is 10.2. The number of pyridine rings is 1. The number of sulfone groups is 1. The lowest BCUT2D eigenvalue weighted by molar-refractivity contribution is 0.0942. The Morgan fingerprint density at radius 1 is 1.30 bits per heavy atom. The molecular weight excluding hydrogens is 462 g/mol. The second-order valence-electron chi connectivity index (χ2n) is 8.63. The quantitative estimate of drug-likeness (QED) is 0.445. The smallest absolute Gasteiger partial charge is 0.268 e. The molecule has 1 fully saturated rings. The first-order valence-electron chi connectivity index (χ1n) is 10.9. The van der Waals surface area contributed by atoms with Gasteiger partial charge in [-0.05, 0) is 25.8 Å². The van der Waals surface area contributed by atoms with Crippen LogP contribution in [0.25, 0.3) is 22.1 Å². The monoisotopic (exact) mass is 485 g/mol. The van der Waals surface area contributed by atoms with Crippen molar-refractivity contribution in [2.24, 2.45) is 7.05 Å². The van der Waals surface area contributed by atoms with Crippen molar-refractivity contribution in [3.8, 4) is 0 Å². The number of carbonyl (C=O) groups is 1. The number of nitrogens with one attached hydrogen (secondary N) is 2. The highest BCUT2D eigenvalue weighted by Crippen LogP contribution is 2.35. The summed E-state index contributed by atoms with van der Waals surface area (Å²) in [5, 5.41) is 7.81. The van der Waals surface area contributed by atoms with Gasteiger partial charge in [0, 0.05) is 36.3 Å². The Kier molecular flexibility index (Phi) is 4.53. The molecule has 1 amide bonds. The van der Waals surface area contributed by atoms with Crippen LogP contribution in [0.4, 0.5) is 10.9 Å². The Hall–Kier alpha value is -2.99. The number of hydrogen-bond acceptors (Lipinski definition) is 8. The summed E-state index contributed by atoms with van der Waals surface area (Å²) in [6.45, 7) is 2.58. The molecule has 2 aliphatic rings. The summed E-state index contributed by atoms with van der Waals surface area (Å²) in [4.78, 5) is 27.7. The average molecular weight is 486 g/mol. The van der Waals surface area contributed by atoms with Gasteiger partial charge in [0.2, 0.25) is 0 Å². The number of fused-ring (bicyclic) bond motifs is 4. The first-order valence-corrected chi connectivity index (χ1v) is 13.6. The number of aryl methyl sites for hydroxylation is 3. The summed E-state index contributed by atoms with van der Waals surface area (Å²) in [7, 11) is -1.15. The van der Waals surface area contributed by atoms with Crippen LogP contribution in [0.1, 0.15) is 40.8 Å². The summed E-state index contributed by atoms with van der Waals surface area (Å²) in [5.41, 5.74) is 3.65. The number of carbonyl (C=O) groups excluding carboxylic acids is 1. The topological polar surface area (TPSA) is 124 Å². The molecule has 0 saturated heterocycles. The van der Waals surface area contributed by atoms with Crippen molar-refractivity contribution in [1.29, 1.82) is 0 Å². The maximum Gasteiger partial charge on any atom is 0.268 e. The third-order valence-corrected chi connectivity index (χ3v) is 8.92. The fourth-order valence-corrected chi connectivity index (χ4v) is 7.16. The standard InChI is InChI=1S/C21H23N7O3S2/c1-3-28-14(20(29)23-11-4-5-11)8-12-17-16(22-10-27(17)2)18(25-19(12)28)26-21-24-13-6-7-33(30,31)9-15(13)32-21/h8,10-11H,3-7,9H2,1-2H3,(H,23,29)(H,24,25,26). The van der Waals surface area contributed by atoms with Gasteiger partial charge in [-0.3, -0.25) is 4.79 Å². The highest BCUT2D eigenvalue weighted by Gasteiger charge is 2.28. The van der Waals surface area contributed by atoms with Gasteiger partial charge in [-0.25, -0.2) is 23.4 Å². The van der Waals surface area contributed by atoms with Crippen molar-refractivity contribution in [1.82, 2.24) is 29.4 Å². The molecule has 12 heteroatoms. The van der Waals surface area contributed by atoms with Crippen molar-refractivity contribution in [2.75, 3.05) is 11.1 Å². The van der Waals surface area contributed by atoms with Crippen LogP contribution < -0.4 is 10.6 Å². The molecule has 2 N–H and O–H groups in total. The number of imidazole rings is 1. The fraction of sp³-hybridized carbons (Fsp3) is 0.429. The molecule has 0 aromatic carbocycles. The van der Waals surface area contributed by atoms with Crippen LogP contribution in [0.3, 0.4) is 0 Å². The van der Waals surface area contributed by atoms with Crippen LogP contribution in [0.5, 0.6) is 0 Å². The minimum absolute atomic E-state index is 0.0330. The highest BCUT2D eigenvalue weighted by atomic mass is 32.2. The van der Waals surface area contributed by atoms with Crippen molar-refractivity contribution in [3.63, 3.8) is 0 Å². The lowest BCUT2D eigenvalue weighted by Gasteiger charge is -2.09. The van der Waals surface area contributed by atoms with Gasteiger partial charge in [0.1, 0.15) is 16.9 Å². The van der Waals surface area contributed by atoms with Crippen LogP contribution in [0.2, 0.25) is 0 Å². The Morgan fingerprint density at radius 2 is 2.12 bits per heavy atom. The molecule has 0 radical (unpaired) electrons. The molecule has 33 heavy (non-hydrogen) atoms. The number of thiazole rings is 1. The third kappa shape index (κ3) is 3.48. The molecule has 1 saturated carbocycles. The third-order valence-electron chi connectivity index (χ3n) is 6.17. The number of anilines is 2. The largest absolute Gasteiger partial charge is 0.348 e. The maximum absolute atomic E-state index is 12.9. The first kappa shape index (κ1) is 20.6. The molecule has 4 aromatic rings. The normalized spacial score (nSPS) is 17.4. The number of aromatic nitrogens is 5. The van der Waals surface area contributed by atoms with E-state index in [1.165, 1.54) is 11.3 Å². The van der Waals surface area contributed by atoms with Gasteiger partial charge in [-0.2, -0.15) is 0 Å². The Labute approximate surface area is 194 Å². The summed E-state index contributed by atoms with van der Waals surface area (Å²) < 4.78 is 27.8. The van der Waals surface area contributed by atoms with E-state index in [0.29, 0.717) is 40.8 Å². The maximum atomic E-state index is 12.9. The van der Waals surface area contributed by atoms with Gasteiger partial charge >= 0.3 is 0 Å². The zero-order valence-electron chi connectivity index (χ0n) is 18.3. The van der Waals surface area contributed by atoms with Crippen LogP contribution >= 0.6 is 11.3 Å². The molecule has 0 unspecified atom stereocenters. The van der Waals surface area contributed by atoms with E-state index in [4.69, 9.17) is 4.98 Å². The van der Waals surface area contributed by atoms with E-state index in [2.05, 4.69) is 20.6 Å². The molecule has 4 aromatic heterocycles. The van der Waals surface area contributed by atoms with Crippen molar-refractivity contribution in [3.05, 3.63) is 28.7 Å². The molecule has 5 heterocycles. The Bertz CT molecular complexity index is 1540. The van der Waals surface area contributed by atoms with Gasteiger partial charge < -0.3 is 19.8 Å². The van der Waals surface area contributed by atoms with E-state index in [9.17, 15) is 13.2 Å². The second kappa shape index (κ2) is 7.26. The minimum atomic E-state index is -3.06. The van der Waals surface area contributed by atoms with E-state index < -0.39 is 9.84 Å². The molecule has 0 bridgehead atoms.